The van der Waals surface area contributed by atoms with Crippen molar-refractivity contribution >= 4 is 0 Å². The van der Waals surface area contributed by atoms with Crippen LogP contribution >= 0.6 is 0 Å². The van der Waals surface area contributed by atoms with Crippen LogP contribution in [-0.4, -0.2) is 30.2 Å². The molecule has 19 heavy (non-hydrogen) atoms. The van der Waals surface area contributed by atoms with E-state index in [0.717, 1.165) is 25.7 Å². The van der Waals surface area contributed by atoms with Gasteiger partial charge in [0, 0.05) is 6.42 Å². The number of hydrogen-bond acceptors (Lipinski definition) is 3. The van der Waals surface area contributed by atoms with Crippen LogP contribution in [0.3, 0.4) is 0 Å². The topological polar surface area (TPSA) is 38.7 Å². The number of hydrogen-bond donors (Lipinski definition) is 1. The molecule has 0 radical (unpaired) electrons. The summed E-state index contributed by atoms with van der Waals surface area (Å²) in [6, 6.07) is 0. The Morgan fingerprint density at radius 1 is 1.37 bits per heavy atom. The van der Waals surface area contributed by atoms with E-state index in [-0.39, 0.29) is 6.29 Å². The van der Waals surface area contributed by atoms with Crippen LogP contribution in [0.1, 0.15) is 52.9 Å². The Balaban J connectivity index is 1.90. The second-order valence-corrected chi connectivity index (χ2v) is 6.71. The third-order valence-corrected chi connectivity index (χ3v) is 4.08. The zero-order chi connectivity index (χ0) is 13.9. The highest BCUT2D eigenvalue weighted by molar-refractivity contribution is 5.14. The standard InChI is InChI=1S/C16H28O3/c1-12(2)8-14-9-13(3)10-16(17,11-14)5-4-15-18-6-7-19-15/h10,12,14-15,17H,4-9,11H2,1-3H3. The minimum absolute atomic E-state index is 0.108. The molecular weight excluding hydrogens is 240 g/mol. The Labute approximate surface area is 117 Å². The molecule has 110 valence electrons. The SMILES string of the molecule is CC1=CC(O)(CCC2OCCO2)CC(CC(C)C)C1. The van der Waals surface area contributed by atoms with Gasteiger partial charge in [-0.3, -0.25) is 0 Å². The van der Waals surface area contributed by atoms with Crippen molar-refractivity contribution in [3.63, 3.8) is 0 Å². The summed E-state index contributed by atoms with van der Waals surface area (Å²) in [5.41, 5.74) is 0.671. The van der Waals surface area contributed by atoms with Crippen molar-refractivity contribution < 1.29 is 14.6 Å². The minimum Gasteiger partial charge on any atom is -0.386 e. The first-order valence-corrected chi connectivity index (χ1v) is 7.61. The van der Waals surface area contributed by atoms with Crippen LogP contribution in [0.25, 0.3) is 0 Å². The summed E-state index contributed by atoms with van der Waals surface area (Å²) in [4.78, 5) is 0. The van der Waals surface area contributed by atoms with Crippen LogP contribution in [0, 0.1) is 11.8 Å². The summed E-state index contributed by atoms with van der Waals surface area (Å²) in [5.74, 6) is 1.31. The molecule has 2 unspecified atom stereocenters. The van der Waals surface area contributed by atoms with Gasteiger partial charge in [0.15, 0.2) is 6.29 Å². The monoisotopic (exact) mass is 268 g/mol. The lowest BCUT2D eigenvalue weighted by Gasteiger charge is -2.36. The van der Waals surface area contributed by atoms with E-state index in [2.05, 4.69) is 26.8 Å². The summed E-state index contributed by atoms with van der Waals surface area (Å²) >= 11 is 0. The highest BCUT2D eigenvalue weighted by Gasteiger charge is 2.33. The molecule has 3 heteroatoms. The third kappa shape index (κ3) is 4.59. The van der Waals surface area contributed by atoms with Gasteiger partial charge < -0.3 is 14.6 Å². The molecule has 2 rings (SSSR count). The molecule has 0 saturated carbocycles. The largest absolute Gasteiger partial charge is 0.386 e. The van der Waals surface area contributed by atoms with Crippen molar-refractivity contribution in [3.05, 3.63) is 11.6 Å². The van der Waals surface area contributed by atoms with Gasteiger partial charge in [-0.25, -0.2) is 0 Å². The maximum absolute atomic E-state index is 10.8. The maximum atomic E-state index is 10.8. The Kier molecular flexibility index (Phi) is 5.04. The third-order valence-electron chi connectivity index (χ3n) is 4.08. The van der Waals surface area contributed by atoms with Crippen molar-refractivity contribution in [2.24, 2.45) is 11.8 Å². The summed E-state index contributed by atoms with van der Waals surface area (Å²) in [5, 5.41) is 10.8. The second kappa shape index (κ2) is 6.38. The van der Waals surface area contributed by atoms with E-state index in [1.165, 1.54) is 12.0 Å². The van der Waals surface area contributed by atoms with Crippen LogP contribution in [0.4, 0.5) is 0 Å². The van der Waals surface area contributed by atoms with Crippen molar-refractivity contribution in [1.29, 1.82) is 0 Å². The highest BCUT2D eigenvalue weighted by Crippen LogP contribution is 2.37. The first-order valence-electron chi connectivity index (χ1n) is 7.61. The van der Waals surface area contributed by atoms with E-state index in [9.17, 15) is 5.11 Å². The van der Waals surface area contributed by atoms with Crippen molar-refractivity contribution in [1.82, 2.24) is 0 Å². The summed E-state index contributed by atoms with van der Waals surface area (Å²) in [6.45, 7) is 8.03. The number of ether oxygens (including phenoxy) is 2. The van der Waals surface area contributed by atoms with Gasteiger partial charge in [-0.15, -0.1) is 0 Å². The Bertz CT molecular complexity index is 318. The van der Waals surface area contributed by atoms with E-state index in [1.54, 1.807) is 0 Å². The van der Waals surface area contributed by atoms with E-state index >= 15 is 0 Å². The molecule has 3 nitrogen and oxygen atoms in total. The number of aliphatic hydroxyl groups is 1. The molecule has 1 aliphatic carbocycles. The molecule has 0 aromatic rings. The molecule has 0 spiro atoms. The second-order valence-electron chi connectivity index (χ2n) is 6.71. The lowest BCUT2D eigenvalue weighted by atomic mass is 9.75. The average molecular weight is 268 g/mol. The van der Waals surface area contributed by atoms with Crippen LogP contribution in [0.5, 0.6) is 0 Å². The van der Waals surface area contributed by atoms with Gasteiger partial charge in [-0.2, -0.15) is 0 Å². The summed E-state index contributed by atoms with van der Waals surface area (Å²) in [7, 11) is 0. The van der Waals surface area contributed by atoms with Gasteiger partial charge in [0.05, 0.1) is 18.8 Å². The molecule has 0 bridgehead atoms. The van der Waals surface area contributed by atoms with Crippen molar-refractivity contribution in [2.75, 3.05) is 13.2 Å². The van der Waals surface area contributed by atoms with Gasteiger partial charge >= 0.3 is 0 Å². The lowest BCUT2D eigenvalue weighted by Crippen LogP contribution is -2.34. The Morgan fingerprint density at radius 3 is 2.68 bits per heavy atom. The molecule has 0 aromatic carbocycles. The maximum Gasteiger partial charge on any atom is 0.157 e. The molecule has 1 saturated heterocycles. The number of rotatable bonds is 5. The predicted octanol–water partition coefficient (Wildman–Crippen LogP) is 3.27. The molecule has 0 amide bonds. The molecule has 0 aromatic heterocycles. The van der Waals surface area contributed by atoms with E-state index in [4.69, 9.17) is 9.47 Å². The smallest absolute Gasteiger partial charge is 0.157 e. The van der Waals surface area contributed by atoms with Crippen LogP contribution < -0.4 is 0 Å². The van der Waals surface area contributed by atoms with Gasteiger partial charge in [0.25, 0.3) is 0 Å². The van der Waals surface area contributed by atoms with Crippen LogP contribution in [0.2, 0.25) is 0 Å². The number of allylic oxidation sites excluding steroid dienone is 1. The fourth-order valence-electron chi connectivity index (χ4n) is 3.55. The molecule has 2 atom stereocenters. The van der Waals surface area contributed by atoms with Gasteiger partial charge in [-0.1, -0.05) is 25.5 Å². The fourth-order valence-corrected chi connectivity index (χ4v) is 3.55. The first kappa shape index (κ1) is 15.0. The van der Waals surface area contributed by atoms with Crippen molar-refractivity contribution in [2.45, 2.75) is 64.8 Å². The Hall–Kier alpha value is -0.380. The van der Waals surface area contributed by atoms with Crippen LogP contribution in [0.15, 0.2) is 11.6 Å². The zero-order valence-electron chi connectivity index (χ0n) is 12.5. The molecule has 2 aliphatic rings. The minimum atomic E-state index is -0.656. The first-order chi connectivity index (χ1) is 8.97. The van der Waals surface area contributed by atoms with Crippen molar-refractivity contribution in [3.8, 4) is 0 Å². The van der Waals surface area contributed by atoms with E-state index < -0.39 is 5.60 Å². The molecule has 1 N–H and O–H groups in total. The van der Waals surface area contributed by atoms with E-state index in [1.807, 2.05) is 0 Å². The molecule has 1 aliphatic heterocycles. The average Bonchev–Trinajstić information content (AvgIpc) is 2.76. The Morgan fingerprint density at radius 2 is 2.05 bits per heavy atom. The summed E-state index contributed by atoms with van der Waals surface area (Å²) < 4.78 is 10.9. The normalized spacial score (nSPS) is 32.9. The fraction of sp³-hybridized carbons (Fsp3) is 0.875. The molecule has 1 heterocycles. The quantitative estimate of drug-likeness (QED) is 0.778. The molecular formula is C16H28O3. The summed E-state index contributed by atoms with van der Waals surface area (Å²) in [6.07, 6.45) is 6.70. The van der Waals surface area contributed by atoms with Crippen LogP contribution in [-0.2, 0) is 9.47 Å². The highest BCUT2D eigenvalue weighted by atomic mass is 16.7. The predicted molar refractivity (Wildman–Crippen MR) is 75.8 cm³/mol. The van der Waals surface area contributed by atoms with Gasteiger partial charge in [-0.05, 0) is 44.4 Å². The zero-order valence-corrected chi connectivity index (χ0v) is 12.5. The van der Waals surface area contributed by atoms with Gasteiger partial charge in [0.2, 0.25) is 0 Å². The lowest BCUT2D eigenvalue weighted by molar-refractivity contribution is -0.0641. The van der Waals surface area contributed by atoms with Gasteiger partial charge in [0.1, 0.15) is 0 Å². The molecule has 1 fully saturated rings. The van der Waals surface area contributed by atoms with E-state index in [0.29, 0.717) is 25.0 Å².